The van der Waals surface area contributed by atoms with E-state index in [0.29, 0.717) is 34.9 Å². The van der Waals surface area contributed by atoms with Crippen molar-refractivity contribution in [2.24, 2.45) is 0 Å². The Bertz CT molecular complexity index is 1410. The number of rotatable bonds is 0. The molecule has 0 fully saturated rings. The lowest BCUT2D eigenvalue weighted by atomic mass is 9.95. The predicted octanol–water partition coefficient (Wildman–Crippen LogP) is 3.71. The standard InChI is InChI=1S/C23H20FN7O/c1-13-10-31-18-5-4-15(24)7-16(18)23(2,3)32-19-6-14(9-27-22(19)26)21-17(8-25)28-12-30(21)11-20(31)29-13/h4-7,9-10,12H,11H2,1-3H3,(H2,26,27). The average Bonchev–Trinajstić information content (AvgIpc) is 3.32. The summed E-state index contributed by atoms with van der Waals surface area (Å²) in [5, 5.41) is 9.64. The number of hydrogen-bond acceptors (Lipinski definition) is 6. The molecule has 0 radical (unpaired) electrons. The first-order valence-corrected chi connectivity index (χ1v) is 10.0. The molecule has 3 aromatic heterocycles. The molecule has 0 spiro atoms. The molecule has 0 amide bonds. The molecule has 0 saturated carbocycles. The van der Waals surface area contributed by atoms with Crippen molar-refractivity contribution in [3.05, 3.63) is 71.6 Å². The number of anilines is 1. The molecule has 8 nitrogen and oxygen atoms in total. The number of hydrogen-bond donors (Lipinski definition) is 1. The van der Waals surface area contributed by atoms with Gasteiger partial charge in [0, 0.05) is 23.5 Å². The second kappa shape index (κ2) is 6.92. The van der Waals surface area contributed by atoms with Gasteiger partial charge in [0.2, 0.25) is 0 Å². The third-order valence-corrected chi connectivity index (χ3v) is 5.54. The van der Waals surface area contributed by atoms with E-state index in [4.69, 9.17) is 10.5 Å². The van der Waals surface area contributed by atoms with E-state index < -0.39 is 5.60 Å². The van der Waals surface area contributed by atoms with E-state index in [0.717, 1.165) is 11.4 Å². The summed E-state index contributed by atoms with van der Waals surface area (Å²) in [6.45, 7) is 5.93. The van der Waals surface area contributed by atoms with E-state index in [9.17, 15) is 9.65 Å². The largest absolute Gasteiger partial charge is 0.479 e. The van der Waals surface area contributed by atoms with Crippen molar-refractivity contribution in [3.8, 4) is 28.8 Å². The summed E-state index contributed by atoms with van der Waals surface area (Å²) in [6, 6.07) is 8.45. The van der Waals surface area contributed by atoms with Gasteiger partial charge in [0.1, 0.15) is 23.3 Å². The normalized spacial score (nSPS) is 14.1. The average molecular weight is 429 g/mol. The van der Waals surface area contributed by atoms with Crippen molar-refractivity contribution in [1.29, 1.82) is 5.26 Å². The zero-order valence-electron chi connectivity index (χ0n) is 17.8. The minimum atomic E-state index is -0.960. The van der Waals surface area contributed by atoms with E-state index in [2.05, 4.69) is 21.0 Å². The molecule has 2 N–H and O–H groups in total. The smallest absolute Gasteiger partial charge is 0.166 e. The number of nitrogens with two attached hydrogens (primary N) is 1. The fourth-order valence-corrected chi connectivity index (χ4v) is 4.10. The molecule has 0 unspecified atom stereocenters. The van der Waals surface area contributed by atoms with Crippen LogP contribution in [0.3, 0.4) is 0 Å². The number of aryl methyl sites for hydroxylation is 1. The number of nitrogen functional groups attached to an aromatic ring is 1. The van der Waals surface area contributed by atoms with Crippen molar-refractivity contribution < 1.29 is 9.13 Å². The third kappa shape index (κ3) is 3.08. The first-order valence-electron chi connectivity index (χ1n) is 10.0. The first-order chi connectivity index (χ1) is 15.3. The lowest BCUT2D eigenvalue weighted by Gasteiger charge is -2.30. The Morgan fingerprint density at radius 3 is 2.84 bits per heavy atom. The molecular formula is C23H20FN7O. The van der Waals surface area contributed by atoms with Gasteiger partial charge in [0.05, 0.1) is 29.9 Å². The van der Waals surface area contributed by atoms with E-state index in [1.54, 1.807) is 24.7 Å². The van der Waals surface area contributed by atoms with E-state index in [1.807, 2.05) is 36.1 Å². The molecule has 1 aromatic carbocycles. The predicted molar refractivity (Wildman–Crippen MR) is 116 cm³/mol. The molecular weight excluding hydrogens is 409 g/mol. The summed E-state index contributed by atoms with van der Waals surface area (Å²) in [5.41, 5.74) is 8.81. The maximum absolute atomic E-state index is 14.4. The molecule has 0 aliphatic carbocycles. The Labute approximate surface area is 183 Å². The molecule has 160 valence electrons. The van der Waals surface area contributed by atoms with Crippen molar-refractivity contribution in [1.82, 2.24) is 24.1 Å². The molecule has 0 saturated heterocycles. The highest BCUT2D eigenvalue weighted by Gasteiger charge is 2.30. The van der Waals surface area contributed by atoms with Gasteiger partial charge in [-0.15, -0.1) is 0 Å². The minimum Gasteiger partial charge on any atom is -0.479 e. The summed E-state index contributed by atoms with van der Waals surface area (Å²) in [4.78, 5) is 13.2. The Morgan fingerprint density at radius 2 is 2.06 bits per heavy atom. The van der Waals surface area contributed by atoms with Gasteiger partial charge in [-0.2, -0.15) is 5.26 Å². The van der Waals surface area contributed by atoms with Gasteiger partial charge < -0.3 is 19.6 Å². The molecule has 4 heterocycles. The Hall–Kier alpha value is -4.19. The van der Waals surface area contributed by atoms with E-state index in [-0.39, 0.29) is 17.3 Å². The van der Waals surface area contributed by atoms with E-state index >= 15 is 0 Å². The van der Waals surface area contributed by atoms with Gasteiger partial charge >= 0.3 is 0 Å². The molecule has 9 heteroatoms. The summed E-state index contributed by atoms with van der Waals surface area (Å²) >= 11 is 0. The number of nitriles is 1. The SMILES string of the molecule is Cc1cn2c(n1)Cn1cnc(C#N)c1-c1cnc(N)c(c1)OC(C)(C)c1cc(F)ccc1-2. The number of benzene rings is 1. The number of pyridine rings is 1. The topological polar surface area (TPSA) is 108 Å². The third-order valence-electron chi connectivity index (χ3n) is 5.54. The van der Waals surface area contributed by atoms with Crippen LogP contribution in [0.15, 0.2) is 43.0 Å². The lowest BCUT2D eigenvalue weighted by molar-refractivity contribution is 0.109. The highest BCUT2D eigenvalue weighted by molar-refractivity contribution is 5.69. The Kier molecular flexibility index (Phi) is 4.27. The van der Waals surface area contributed by atoms with Gasteiger partial charge in [-0.1, -0.05) is 0 Å². The van der Waals surface area contributed by atoms with Crippen LogP contribution < -0.4 is 10.5 Å². The second-order valence-corrected chi connectivity index (χ2v) is 8.23. The number of nitrogens with zero attached hydrogens (tertiary/aromatic N) is 6. The fourth-order valence-electron chi connectivity index (χ4n) is 4.10. The van der Waals surface area contributed by atoms with Crippen LogP contribution in [-0.2, 0) is 12.1 Å². The number of halogens is 1. The summed E-state index contributed by atoms with van der Waals surface area (Å²) in [5.74, 6) is 0.863. The van der Waals surface area contributed by atoms with Gasteiger partial charge in [0.25, 0.3) is 0 Å². The maximum Gasteiger partial charge on any atom is 0.166 e. The number of aromatic nitrogens is 5. The van der Waals surface area contributed by atoms with Crippen LogP contribution >= 0.6 is 0 Å². The van der Waals surface area contributed by atoms with Crippen LogP contribution in [0.2, 0.25) is 0 Å². The monoisotopic (exact) mass is 429 g/mol. The molecule has 2 bridgehead atoms. The summed E-state index contributed by atoms with van der Waals surface area (Å²) < 4.78 is 24.4. The van der Waals surface area contributed by atoms with Crippen molar-refractivity contribution in [2.45, 2.75) is 32.9 Å². The lowest BCUT2D eigenvalue weighted by Crippen LogP contribution is -2.28. The maximum atomic E-state index is 14.4. The van der Waals surface area contributed by atoms with Gasteiger partial charge in [-0.05, 0) is 45.0 Å². The van der Waals surface area contributed by atoms with Crippen LogP contribution in [0, 0.1) is 24.1 Å². The summed E-state index contributed by atoms with van der Waals surface area (Å²) in [6.07, 6.45) is 5.08. The molecule has 32 heavy (non-hydrogen) atoms. The summed E-state index contributed by atoms with van der Waals surface area (Å²) in [7, 11) is 0. The second-order valence-electron chi connectivity index (χ2n) is 8.23. The number of fused-ring (bicyclic) bond motifs is 7. The van der Waals surface area contributed by atoms with Crippen LogP contribution in [0.25, 0.3) is 16.9 Å². The zero-order valence-corrected chi connectivity index (χ0v) is 17.8. The molecule has 5 rings (SSSR count). The highest BCUT2D eigenvalue weighted by atomic mass is 19.1. The van der Waals surface area contributed by atoms with Crippen molar-refractivity contribution in [2.75, 3.05) is 5.73 Å². The van der Waals surface area contributed by atoms with E-state index in [1.165, 1.54) is 12.1 Å². The van der Waals surface area contributed by atoms with Gasteiger partial charge in [-0.3, -0.25) is 0 Å². The number of ether oxygens (including phenoxy) is 1. The molecule has 0 atom stereocenters. The minimum absolute atomic E-state index is 0.195. The first kappa shape index (κ1) is 19.8. The Balaban J connectivity index is 1.86. The van der Waals surface area contributed by atoms with Gasteiger partial charge in [0.15, 0.2) is 17.3 Å². The quantitative estimate of drug-likeness (QED) is 0.457. The zero-order chi connectivity index (χ0) is 22.6. The molecule has 1 aliphatic heterocycles. The van der Waals surface area contributed by atoms with Crippen LogP contribution in [0.4, 0.5) is 10.2 Å². The Morgan fingerprint density at radius 1 is 1.25 bits per heavy atom. The van der Waals surface area contributed by atoms with Crippen LogP contribution in [0.5, 0.6) is 5.75 Å². The fraction of sp³-hybridized carbons (Fsp3) is 0.217. The number of imidazole rings is 2. The van der Waals surface area contributed by atoms with Gasteiger partial charge in [-0.25, -0.2) is 19.3 Å². The van der Waals surface area contributed by atoms with Crippen molar-refractivity contribution >= 4 is 5.82 Å². The molecule has 1 aliphatic rings. The van der Waals surface area contributed by atoms with Crippen LogP contribution in [0.1, 0.15) is 36.6 Å². The van der Waals surface area contributed by atoms with Crippen LogP contribution in [-0.4, -0.2) is 24.1 Å². The highest BCUT2D eigenvalue weighted by Crippen LogP contribution is 2.37. The molecule has 4 aromatic rings. The van der Waals surface area contributed by atoms with Crippen molar-refractivity contribution in [3.63, 3.8) is 0 Å².